The van der Waals surface area contributed by atoms with Gasteiger partial charge in [0, 0.05) is 12.0 Å². The molecule has 4 nitrogen and oxygen atoms in total. The van der Waals surface area contributed by atoms with Crippen LogP contribution < -0.4 is 0 Å². The summed E-state index contributed by atoms with van der Waals surface area (Å²) in [6.45, 7) is 8.02. The highest BCUT2D eigenvalue weighted by atomic mass is 32.2. The van der Waals surface area contributed by atoms with E-state index in [0.717, 1.165) is 0 Å². The molecule has 1 aliphatic rings. The van der Waals surface area contributed by atoms with E-state index in [1.807, 2.05) is 27.7 Å². The maximum atomic E-state index is 12.0. The molecule has 0 atom stereocenters. The summed E-state index contributed by atoms with van der Waals surface area (Å²) in [7, 11) is -2.86. The molecule has 1 fully saturated rings. The SMILES string of the molecule is CCN(C(=O)C(C)(C)C)C1CS(=O)(=O)C1. The van der Waals surface area contributed by atoms with Crippen LogP contribution in [0.3, 0.4) is 0 Å². The number of carbonyl (C=O) groups is 1. The molecule has 1 heterocycles. The van der Waals surface area contributed by atoms with E-state index in [9.17, 15) is 13.2 Å². The zero-order valence-corrected chi connectivity index (χ0v) is 10.6. The van der Waals surface area contributed by atoms with Crippen molar-refractivity contribution < 1.29 is 13.2 Å². The number of carbonyl (C=O) groups excluding carboxylic acids is 1. The van der Waals surface area contributed by atoms with Crippen molar-refractivity contribution in [3.05, 3.63) is 0 Å². The summed E-state index contributed by atoms with van der Waals surface area (Å²) in [6, 6.07) is -0.105. The van der Waals surface area contributed by atoms with E-state index in [2.05, 4.69) is 0 Å². The molecule has 1 rings (SSSR count). The van der Waals surface area contributed by atoms with E-state index in [1.54, 1.807) is 4.90 Å². The second-order valence-corrected chi connectivity index (χ2v) is 7.23. The van der Waals surface area contributed by atoms with Gasteiger partial charge in [-0.1, -0.05) is 20.8 Å². The highest BCUT2D eigenvalue weighted by molar-refractivity contribution is 7.92. The Morgan fingerprint density at radius 3 is 2.07 bits per heavy atom. The molecule has 1 amide bonds. The fourth-order valence-electron chi connectivity index (χ4n) is 1.72. The van der Waals surface area contributed by atoms with Crippen molar-refractivity contribution in [2.24, 2.45) is 5.41 Å². The van der Waals surface area contributed by atoms with Crippen LogP contribution in [0, 0.1) is 5.41 Å². The zero-order valence-electron chi connectivity index (χ0n) is 9.78. The van der Waals surface area contributed by atoms with Gasteiger partial charge in [-0.05, 0) is 6.92 Å². The summed E-state index contributed by atoms with van der Waals surface area (Å²) in [5, 5.41) is 0. The third-order valence-electron chi connectivity index (χ3n) is 2.58. The van der Waals surface area contributed by atoms with Crippen LogP contribution in [-0.2, 0) is 14.6 Å². The van der Waals surface area contributed by atoms with Gasteiger partial charge in [0.05, 0.1) is 17.5 Å². The third kappa shape index (κ3) is 2.71. The van der Waals surface area contributed by atoms with Crippen molar-refractivity contribution in [3.63, 3.8) is 0 Å². The van der Waals surface area contributed by atoms with Crippen LogP contribution in [0.4, 0.5) is 0 Å². The van der Waals surface area contributed by atoms with Crippen molar-refractivity contribution in [1.82, 2.24) is 4.90 Å². The third-order valence-corrected chi connectivity index (χ3v) is 4.36. The first kappa shape index (κ1) is 12.5. The molecule has 0 aliphatic carbocycles. The Balaban J connectivity index is 2.71. The minimum atomic E-state index is -2.86. The van der Waals surface area contributed by atoms with Crippen LogP contribution in [0.1, 0.15) is 27.7 Å². The first-order valence-corrected chi connectivity index (χ1v) is 7.01. The van der Waals surface area contributed by atoms with Gasteiger partial charge in [-0.3, -0.25) is 4.79 Å². The number of amides is 1. The lowest BCUT2D eigenvalue weighted by molar-refractivity contribution is -0.141. The fourth-order valence-corrected chi connectivity index (χ4v) is 3.15. The lowest BCUT2D eigenvalue weighted by atomic mass is 9.94. The number of hydrogen-bond acceptors (Lipinski definition) is 3. The molecule has 0 aromatic rings. The number of rotatable bonds is 2. The Kier molecular flexibility index (Phi) is 3.14. The first-order valence-electron chi connectivity index (χ1n) is 5.19. The van der Waals surface area contributed by atoms with Gasteiger partial charge in [-0.25, -0.2) is 8.42 Å². The molecule has 0 aromatic heterocycles. The predicted octanol–water partition coefficient (Wildman–Crippen LogP) is 0.678. The molecule has 0 spiro atoms. The van der Waals surface area contributed by atoms with Crippen LogP contribution in [-0.4, -0.2) is 43.3 Å². The average Bonchev–Trinajstić information content (AvgIpc) is 2.00. The van der Waals surface area contributed by atoms with Crippen LogP contribution in [0.5, 0.6) is 0 Å². The van der Waals surface area contributed by atoms with Gasteiger partial charge in [0.15, 0.2) is 9.84 Å². The normalized spacial score (nSPS) is 20.8. The maximum absolute atomic E-state index is 12.0. The maximum Gasteiger partial charge on any atom is 0.228 e. The molecule has 0 bridgehead atoms. The van der Waals surface area contributed by atoms with Gasteiger partial charge in [-0.15, -0.1) is 0 Å². The summed E-state index contributed by atoms with van der Waals surface area (Å²) < 4.78 is 22.1. The van der Waals surface area contributed by atoms with Crippen molar-refractivity contribution in [3.8, 4) is 0 Å². The predicted molar refractivity (Wildman–Crippen MR) is 59.3 cm³/mol. The summed E-state index contributed by atoms with van der Waals surface area (Å²) >= 11 is 0. The molecule has 15 heavy (non-hydrogen) atoms. The highest BCUT2D eigenvalue weighted by Gasteiger charge is 2.41. The minimum absolute atomic E-state index is 0.0323. The summed E-state index contributed by atoms with van der Waals surface area (Å²) in [5.41, 5.74) is -0.435. The smallest absolute Gasteiger partial charge is 0.228 e. The Morgan fingerprint density at radius 2 is 1.80 bits per heavy atom. The topological polar surface area (TPSA) is 54.5 Å². The molecule has 0 aromatic carbocycles. The molecular formula is C10H19NO3S. The van der Waals surface area contributed by atoms with Gasteiger partial charge in [0.2, 0.25) is 5.91 Å². The summed E-state index contributed by atoms with van der Waals surface area (Å²) in [5.74, 6) is 0.288. The van der Waals surface area contributed by atoms with E-state index in [0.29, 0.717) is 6.54 Å². The number of hydrogen-bond donors (Lipinski definition) is 0. The van der Waals surface area contributed by atoms with Crippen LogP contribution >= 0.6 is 0 Å². The van der Waals surface area contributed by atoms with Crippen LogP contribution in [0.25, 0.3) is 0 Å². The molecule has 0 radical (unpaired) electrons. The molecular weight excluding hydrogens is 214 g/mol. The first-order chi connectivity index (χ1) is 6.67. The molecule has 0 saturated carbocycles. The zero-order chi connectivity index (χ0) is 11.9. The second-order valence-electron chi connectivity index (χ2n) is 5.07. The molecule has 5 heteroatoms. The van der Waals surface area contributed by atoms with Crippen molar-refractivity contribution >= 4 is 15.7 Å². The highest BCUT2D eigenvalue weighted by Crippen LogP contribution is 2.24. The van der Waals surface area contributed by atoms with E-state index in [1.165, 1.54) is 0 Å². The Labute approximate surface area is 91.6 Å². The van der Waals surface area contributed by atoms with Gasteiger partial charge in [0.1, 0.15) is 0 Å². The van der Waals surface area contributed by atoms with E-state index < -0.39 is 15.3 Å². The average molecular weight is 233 g/mol. The van der Waals surface area contributed by atoms with Crippen molar-refractivity contribution in [2.75, 3.05) is 18.1 Å². The molecule has 1 saturated heterocycles. The van der Waals surface area contributed by atoms with E-state index in [4.69, 9.17) is 0 Å². The lowest BCUT2D eigenvalue weighted by Gasteiger charge is -2.39. The monoisotopic (exact) mass is 233 g/mol. The lowest BCUT2D eigenvalue weighted by Crippen LogP contribution is -2.57. The number of nitrogens with zero attached hydrogens (tertiary/aromatic N) is 1. The second kappa shape index (κ2) is 3.77. The quantitative estimate of drug-likeness (QED) is 0.704. The van der Waals surface area contributed by atoms with Gasteiger partial charge in [0.25, 0.3) is 0 Å². The standard InChI is InChI=1S/C10H19NO3S/c1-5-11(9(12)10(2,3)4)8-6-15(13,14)7-8/h8H,5-7H2,1-4H3. The van der Waals surface area contributed by atoms with Crippen LogP contribution in [0.15, 0.2) is 0 Å². The number of sulfone groups is 1. The van der Waals surface area contributed by atoms with E-state index >= 15 is 0 Å². The molecule has 0 unspecified atom stereocenters. The molecule has 88 valence electrons. The molecule has 0 N–H and O–H groups in total. The minimum Gasteiger partial charge on any atom is -0.337 e. The Hall–Kier alpha value is -0.580. The molecule has 1 aliphatic heterocycles. The van der Waals surface area contributed by atoms with E-state index in [-0.39, 0.29) is 23.5 Å². The van der Waals surface area contributed by atoms with Crippen molar-refractivity contribution in [2.45, 2.75) is 33.7 Å². The van der Waals surface area contributed by atoms with Gasteiger partial charge >= 0.3 is 0 Å². The van der Waals surface area contributed by atoms with Crippen molar-refractivity contribution in [1.29, 1.82) is 0 Å². The summed E-state index contributed by atoms with van der Waals surface area (Å²) in [4.78, 5) is 13.7. The Morgan fingerprint density at radius 1 is 1.33 bits per heavy atom. The van der Waals surface area contributed by atoms with Crippen LogP contribution in [0.2, 0.25) is 0 Å². The van der Waals surface area contributed by atoms with Gasteiger partial charge in [-0.2, -0.15) is 0 Å². The largest absolute Gasteiger partial charge is 0.337 e. The Bertz CT molecular complexity index is 341. The fraction of sp³-hybridized carbons (Fsp3) is 0.900. The van der Waals surface area contributed by atoms with Gasteiger partial charge < -0.3 is 4.90 Å². The summed E-state index contributed by atoms with van der Waals surface area (Å²) in [6.07, 6.45) is 0.